The van der Waals surface area contributed by atoms with Gasteiger partial charge in [0.05, 0.1) is 0 Å². The van der Waals surface area contributed by atoms with Gasteiger partial charge >= 0.3 is 5.97 Å². The lowest BCUT2D eigenvalue weighted by atomic mass is 10.1. The number of aromatic nitrogens is 1. The second-order valence-electron chi connectivity index (χ2n) is 2.60. The first-order chi connectivity index (χ1) is 6.99. The summed E-state index contributed by atoms with van der Waals surface area (Å²) in [7, 11) is 0. The van der Waals surface area contributed by atoms with Crippen molar-refractivity contribution >= 4 is 44.5 Å². The van der Waals surface area contributed by atoms with E-state index in [1.165, 1.54) is 6.20 Å². The van der Waals surface area contributed by atoms with Crippen molar-refractivity contribution in [2.24, 2.45) is 0 Å². The number of hydrogen-bond donors (Lipinski definition) is 1. The lowest BCUT2D eigenvalue weighted by Gasteiger charge is -2.09. The largest absolute Gasteiger partial charge is 0.478 e. The smallest absolute Gasteiger partial charge is 0.338 e. The molecule has 0 bridgehead atoms. The van der Waals surface area contributed by atoms with Crippen molar-refractivity contribution in [1.29, 1.82) is 0 Å². The van der Waals surface area contributed by atoms with E-state index in [9.17, 15) is 13.6 Å². The molecule has 1 aromatic rings. The minimum absolute atomic E-state index is 0.294. The topological polar surface area (TPSA) is 50.2 Å². The zero-order valence-electron chi connectivity index (χ0n) is 7.18. The van der Waals surface area contributed by atoms with Crippen LogP contribution in [0.25, 0.3) is 0 Å². The standard InChI is InChI=1S/C8H5BrF2INO2/c9-1-3-2-13-6(7(10)11)4(5(3)12)8(14)15/h2,7H,1H2,(H,14,15). The highest BCUT2D eigenvalue weighted by Crippen LogP contribution is 2.27. The van der Waals surface area contributed by atoms with Crippen molar-refractivity contribution in [3.05, 3.63) is 26.6 Å². The summed E-state index contributed by atoms with van der Waals surface area (Å²) in [5.74, 6) is -1.38. The molecule has 82 valence electrons. The van der Waals surface area contributed by atoms with Gasteiger partial charge in [0.25, 0.3) is 6.43 Å². The van der Waals surface area contributed by atoms with Gasteiger partial charge in [-0.3, -0.25) is 4.98 Å². The van der Waals surface area contributed by atoms with Crippen molar-refractivity contribution in [2.75, 3.05) is 0 Å². The molecule has 0 aliphatic carbocycles. The zero-order valence-corrected chi connectivity index (χ0v) is 10.9. The van der Waals surface area contributed by atoms with Crippen molar-refractivity contribution < 1.29 is 18.7 Å². The Labute approximate surface area is 106 Å². The van der Waals surface area contributed by atoms with Crippen molar-refractivity contribution in [2.45, 2.75) is 11.8 Å². The van der Waals surface area contributed by atoms with E-state index in [1.54, 1.807) is 22.6 Å². The quantitative estimate of drug-likeness (QED) is 0.635. The van der Waals surface area contributed by atoms with E-state index in [0.717, 1.165) is 0 Å². The molecule has 0 aliphatic rings. The molecular formula is C8H5BrF2INO2. The first kappa shape index (κ1) is 12.8. The summed E-state index contributed by atoms with van der Waals surface area (Å²) in [6.07, 6.45) is -1.63. The predicted molar refractivity (Wildman–Crippen MR) is 61.5 cm³/mol. The van der Waals surface area contributed by atoms with Crippen LogP contribution in [-0.4, -0.2) is 16.1 Å². The van der Waals surface area contributed by atoms with Gasteiger partial charge in [0.15, 0.2) is 0 Å². The maximum absolute atomic E-state index is 12.5. The number of hydrogen-bond acceptors (Lipinski definition) is 2. The molecule has 0 amide bonds. The Hall–Kier alpha value is -0.310. The molecule has 15 heavy (non-hydrogen) atoms. The zero-order chi connectivity index (χ0) is 11.6. The molecule has 3 nitrogen and oxygen atoms in total. The van der Waals surface area contributed by atoms with Crippen LogP contribution in [0.1, 0.15) is 28.0 Å². The van der Waals surface area contributed by atoms with Crippen LogP contribution in [0.3, 0.4) is 0 Å². The Morgan fingerprint density at radius 1 is 1.67 bits per heavy atom. The normalized spacial score (nSPS) is 10.7. The number of carboxylic acids is 1. The molecular weight excluding hydrogens is 387 g/mol. The fraction of sp³-hybridized carbons (Fsp3) is 0.250. The molecule has 1 N–H and O–H groups in total. The van der Waals surface area contributed by atoms with Gasteiger partial charge in [-0.05, 0) is 28.2 Å². The van der Waals surface area contributed by atoms with Crippen LogP contribution in [0, 0.1) is 3.57 Å². The maximum Gasteiger partial charge on any atom is 0.338 e. The summed E-state index contributed by atoms with van der Waals surface area (Å²) in [5.41, 5.74) is -0.517. The molecule has 1 aromatic heterocycles. The molecule has 0 atom stereocenters. The number of pyridine rings is 1. The molecule has 0 radical (unpaired) electrons. The number of alkyl halides is 3. The molecule has 0 aliphatic heterocycles. The average Bonchev–Trinajstić information content (AvgIpc) is 2.16. The van der Waals surface area contributed by atoms with Crippen molar-refractivity contribution in [3.8, 4) is 0 Å². The summed E-state index contributed by atoms with van der Waals surface area (Å²) in [6.45, 7) is 0. The van der Waals surface area contributed by atoms with Crippen LogP contribution in [0.5, 0.6) is 0 Å². The summed E-state index contributed by atoms with van der Waals surface area (Å²) >= 11 is 4.86. The highest BCUT2D eigenvalue weighted by atomic mass is 127. The van der Waals surface area contributed by atoms with Crippen LogP contribution in [0.4, 0.5) is 8.78 Å². The number of nitrogens with zero attached hydrogens (tertiary/aromatic N) is 1. The van der Waals surface area contributed by atoms with E-state index in [4.69, 9.17) is 5.11 Å². The minimum atomic E-state index is -2.88. The third kappa shape index (κ3) is 2.63. The fourth-order valence-electron chi connectivity index (χ4n) is 1.00. The third-order valence-corrected chi connectivity index (χ3v) is 3.52. The van der Waals surface area contributed by atoms with Gasteiger partial charge in [-0.15, -0.1) is 0 Å². The number of rotatable bonds is 3. The summed E-state index contributed by atoms with van der Waals surface area (Å²) in [4.78, 5) is 14.3. The molecule has 0 saturated carbocycles. The first-order valence-corrected chi connectivity index (χ1v) is 5.93. The van der Waals surface area contributed by atoms with E-state index < -0.39 is 23.7 Å². The van der Waals surface area contributed by atoms with Crippen molar-refractivity contribution in [1.82, 2.24) is 4.98 Å². The SMILES string of the molecule is O=C(O)c1c(C(F)F)ncc(CBr)c1I. The Morgan fingerprint density at radius 3 is 2.67 bits per heavy atom. The maximum atomic E-state index is 12.5. The minimum Gasteiger partial charge on any atom is -0.478 e. The number of halogens is 4. The summed E-state index contributed by atoms with van der Waals surface area (Å²) < 4.78 is 25.2. The Kier molecular flexibility index (Phi) is 4.38. The van der Waals surface area contributed by atoms with Crippen LogP contribution >= 0.6 is 38.5 Å². The van der Waals surface area contributed by atoms with Crippen LogP contribution in [0.2, 0.25) is 0 Å². The highest BCUT2D eigenvalue weighted by Gasteiger charge is 2.24. The van der Waals surface area contributed by atoms with Crippen LogP contribution in [-0.2, 0) is 5.33 Å². The van der Waals surface area contributed by atoms with Gasteiger partial charge in [0.1, 0.15) is 11.3 Å². The van der Waals surface area contributed by atoms with Gasteiger partial charge in [-0.25, -0.2) is 13.6 Å². The molecule has 0 saturated heterocycles. The van der Waals surface area contributed by atoms with E-state index >= 15 is 0 Å². The van der Waals surface area contributed by atoms with Crippen LogP contribution < -0.4 is 0 Å². The molecule has 0 fully saturated rings. The number of carbonyl (C=O) groups is 1. The molecule has 0 spiro atoms. The van der Waals surface area contributed by atoms with E-state index in [1.807, 2.05) is 0 Å². The highest BCUT2D eigenvalue weighted by molar-refractivity contribution is 14.1. The Morgan fingerprint density at radius 2 is 2.27 bits per heavy atom. The average molecular weight is 392 g/mol. The van der Waals surface area contributed by atoms with Gasteiger partial charge in [0.2, 0.25) is 0 Å². The Balaban J connectivity index is 3.44. The molecule has 7 heteroatoms. The second kappa shape index (κ2) is 5.15. The lowest BCUT2D eigenvalue weighted by Crippen LogP contribution is -2.10. The monoisotopic (exact) mass is 391 g/mol. The molecule has 0 unspecified atom stereocenters. The van der Waals surface area contributed by atoms with Gasteiger partial charge in [-0.2, -0.15) is 0 Å². The third-order valence-electron chi connectivity index (χ3n) is 1.68. The molecule has 1 rings (SSSR count). The molecule has 1 heterocycles. The van der Waals surface area contributed by atoms with Gasteiger partial charge in [0, 0.05) is 15.1 Å². The van der Waals surface area contributed by atoms with Crippen LogP contribution in [0.15, 0.2) is 6.20 Å². The molecule has 0 aromatic carbocycles. The van der Waals surface area contributed by atoms with Gasteiger partial charge in [-0.1, -0.05) is 15.9 Å². The lowest BCUT2D eigenvalue weighted by molar-refractivity contribution is 0.0680. The summed E-state index contributed by atoms with van der Waals surface area (Å²) in [6, 6.07) is 0. The Bertz CT molecular complexity index is 400. The van der Waals surface area contributed by atoms with Gasteiger partial charge < -0.3 is 5.11 Å². The predicted octanol–water partition coefficient (Wildman–Crippen LogP) is 3.22. The van der Waals surface area contributed by atoms with E-state index in [-0.39, 0.29) is 0 Å². The first-order valence-electron chi connectivity index (χ1n) is 3.73. The summed E-state index contributed by atoms with van der Waals surface area (Å²) in [5, 5.41) is 9.20. The second-order valence-corrected chi connectivity index (χ2v) is 4.24. The number of carboxylic acid groups (broad SMARTS) is 1. The fourth-order valence-corrected chi connectivity index (χ4v) is 2.79. The van der Waals surface area contributed by atoms with E-state index in [0.29, 0.717) is 14.5 Å². The van der Waals surface area contributed by atoms with Crippen molar-refractivity contribution in [3.63, 3.8) is 0 Å². The van der Waals surface area contributed by atoms with E-state index in [2.05, 4.69) is 20.9 Å². The number of aromatic carboxylic acids is 1.